The summed E-state index contributed by atoms with van der Waals surface area (Å²) in [6.45, 7) is 0.671. The van der Waals surface area contributed by atoms with Crippen LogP contribution in [0.25, 0.3) is 0 Å². The molecule has 108 valence electrons. The van der Waals surface area contributed by atoms with E-state index in [1.807, 2.05) is 0 Å². The predicted octanol–water partition coefficient (Wildman–Crippen LogP) is 0.555. The van der Waals surface area contributed by atoms with Crippen molar-refractivity contribution in [3.05, 3.63) is 36.4 Å². The summed E-state index contributed by atoms with van der Waals surface area (Å²) < 4.78 is 25.5. The molecular formula is C12H17N5O2S. The molecule has 20 heavy (non-hydrogen) atoms. The number of sulfonamides is 1. The molecule has 0 fully saturated rings. The van der Waals surface area contributed by atoms with E-state index in [1.54, 1.807) is 18.6 Å². The van der Waals surface area contributed by atoms with Crippen LogP contribution in [0.5, 0.6) is 0 Å². The number of hydrogen-bond donors (Lipinski definition) is 4. The van der Waals surface area contributed by atoms with Crippen LogP contribution >= 0.6 is 0 Å². The first kappa shape index (κ1) is 14.4. The van der Waals surface area contributed by atoms with Crippen LogP contribution in [0.1, 0.15) is 5.69 Å². The van der Waals surface area contributed by atoms with E-state index in [4.69, 9.17) is 5.73 Å². The zero-order valence-corrected chi connectivity index (χ0v) is 11.9. The fourth-order valence-corrected chi connectivity index (χ4v) is 2.51. The molecule has 1 aromatic heterocycles. The first-order valence-corrected chi connectivity index (χ1v) is 7.55. The molecule has 8 heteroatoms. The Balaban J connectivity index is 2.03. The topological polar surface area (TPSA) is 113 Å². The molecule has 0 saturated carbocycles. The molecule has 0 aliphatic heterocycles. The highest BCUT2D eigenvalue weighted by molar-refractivity contribution is 7.89. The van der Waals surface area contributed by atoms with Crippen LogP contribution in [0.4, 0.5) is 11.4 Å². The van der Waals surface area contributed by atoms with Gasteiger partial charge in [-0.3, -0.25) is 0 Å². The largest absolute Gasteiger partial charge is 0.397 e. The Kier molecular flexibility index (Phi) is 4.26. The van der Waals surface area contributed by atoms with Gasteiger partial charge in [0.1, 0.15) is 0 Å². The maximum atomic E-state index is 11.6. The third kappa shape index (κ3) is 3.28. The lowest BCUT2D eigenvalue weighted by molar-refractivity contribution is 0.588. The second kappa shape index (κ2) is 5.93. The van der Waals surface area contributed by atoms with Crippen molar-refractivity contribution in [3.63, 3.8) is 0 Å². The summed E-state index contributed by atoms with van der Waals surface area (Å²) in [7, 11) is -2.10. The molecule has 1 heterocycles. The zero-order chi connectivity index (χ0) is 14.6. The normalized spacial score (nSPS) is 11.4. The third-order valence-corrected chi connectivity index (χ3v) is 4.28. The van der Waals surface area contributed by atoms with E-state index in [2.05, 4.69) is 20.0 Å². The lowest BCUT2D eigenvalue weighted by Crippen LogP contribution is -2.19. The minimum absolute atomic E-state index is 0.150. The minimum atomic E-state index is -3.46. The second-order valence-electron chi connectivity index (χ2n) is 4.21. The van der Waals surface area contributed by atoms with Crippen LogP contribution in [0, 0.1) is 0 Å². The van der Waals surface area contributed by atoms with E-state index >= 15 is 0 Å². The minimum Gasteiger partial charge on any atom is -0.397 e. The molecule has 0 saturated heterocycles. The molecule has 7 nitrogen and oxygen atoms in total. The molecule has 2 rings (SSSR count). The van der Waals surface area contributed by atoms with Crippen molar-refractivity contribution in [2.75, 3.05) is 24.6 Å². The average Bonchev–Trinajstić information content (AvgIpc) is 2.93. The SMILES string of the molecule is CNS(=O)(=O)c1ccc(NCCc2cnc[nH]2)c(N)c1. The lowest BCUT2D eigenvalue weighted by Gasteiger charge is -2.10. The molecule has 0 aliphatic carbocycles. The summed E-state index contributed by atoms with van der Waals surface area (Å²) in [5.74, 6) is 0. The van der Waals surface area contributed by atoms with Gasteiger partial charge in [0.25, 0.3) is 0 Å². The highest BCUT2D eigenvalue weighted by atomic mass is 32.2. The maximum absolute atomic E-state index is 11.6. The van der Waals surface area contributed by atoms with Crippen LogP contribution in [0.2, 0.25) is 0 Å². The summed E-state index contributed by atoms with van der Waals surface area (Å²) in [5, 5.41) is 3.16. The number of rotatable bonds is 6. The number of nitrogens with one attached hydrogen (secondary N) is 3. The summed E-state index contributed by atoms with van der Waals surface area (Å²) in [6.07, 6.45) is 4.16. The third-order valence-electron chi connectivity index (χ3n) is 2.87. The number of hydrogen-bond acceptors (Lipinski definition) is 5. The van der Waals surface area contributed by atoms with Gasteiger partial charge in [-0.2, -0.15) is 0 Å². The Morgan fingerprint density at radius 2 is 2.20 bits per heavy atom. The summed E-state index contributed by atoms with van der Waals surface area (Å²) >= 11 is 0. The van der Waals surface area contributed by atoms with Crippen molar-refractivity contribution in [3.8, 4) is 0 Å². The van der Waals surface area contributed by atoms with Gasteiger partial charge in [-0.1, -0.05) is 0 Å². The van der Waals surface area contributed by atoms with E-state index < -0.39 is 10.0 Å². The summed E-state index contributed by atoms with van der Waals surface area (Å²) in [5.41, 5.74) is 7.98. The number of nitrogen functional groups attached to an aromatic ring is 1. The van der Waals surface area contributed by atoms with E-state index in [9.17, 15) is 8.42 Å². The number of H-pyrrole nitrogens is 1. The fraction of sp³-hybridized carbons (Fsp3) is 0.250. The van der Waals surface area contributed by atoms with Gasteiger partial charge in [0.2, 0.25) is 10.0 Å². The molecule has 2 aromatic rings. The van der Waals surface area contributed by atoms with E-state index in [-0.39, 0.29) is 4.90 Å². The number of nitrogens with zero attached hydrogens (tertiary/aromatic N) is 1. The Hall–Kier alpha value is -2.06. The van der Waals surface area contributed by atoms with E-state index in [0.717, 1.165) is 12.1 Å². The molecular weight excluding hydrogens is 278 g/mol. The number of aromatic amines is 1. The van der Waals surface area contributed by atoms with Crippen LogP contribution < -0.4 is 15.8 Å². The van der Waals surface area contributed by atoms with Gasteiger partial charge in [-0.05, 0) is 25.2 Å². The zero-order valence-electron chi connectivity index (χ0n) is 11.1. The van der Waals surface area contributed by atoms with E-state index in [0.29, 0.717) is 17.9 Å². The van der Waals surface area contributed by atoms with Gasteiger partial charge < -0.3 is 16.0 Å². The number of nitrogens with two attached hydrogens (primary N) is 1. The fourth-order valence-electron chi connectivity index (χ4n) is 1.74. The Morgan fingerprint density at radius 3 is 2.80 bits per heavy atom. The van der Waals surface area contributed by atoms with E-state index in [1.165, 1.54) is 19.2 Å². The number of anilines is 2. The standard InChI is InChI=1S/C12H17N5O2S/c1-14-20(18,19)10-2-3-12(11(13)6-10)16-5-4-9-7-15-8-17-9/h2-3,6-8,14,16H,4-5,13H2,1H3,(H,15,17). The molecule has 0 radical (unpaired) electrons. The van der Waals surface area contributed by atoms with Gasteiger partial charge in [-0.15, -0.1) is 0 Å². The van der Waals surface area contributed by atoms with Crippen molar-refractivity contribution < 1.29 is 8.42 Å². The monoisotopic (exact) mass is 295 g/mol. The van der Waals surface area contributed by atoms with Gasteiger partial charge in [-0.25, -0.2) is 18.1 Å². The number of aromatic nitrogens is 2. The highest BCUT2D eigenvalue weighted by Crippen LogP contribution is 2.22. The van der Waals surface area contributed by atoms with Crippen molar-refractivity contribution in [2.45, 2.75) is 11.3 Å². The van der Waals surface area contributed by atoms with Crippen LogP contribution in [-0.2, 0) is 16.4 Å². The first-order valence-electron chi connectivity index (χ1n) is 6.07. The molecule has 1 aromatic carbocycles. The molecule has 0 spiro atoms. The maximum Gasteiger partial charge on any atom is 0.240 e. The van der Waals surface area contributed by atoms with Crippen LogP contribution in [0.3, 0.4) is 0 Å². The van der Waals surface area contributed by atoms with Crippen molar-refractivity contribution >= 4 is 21.4 Å². The van der Waals surface area contributed by atoms with Gasteiger partial charge >= 0.3 is 0 Å². The Morgan fingerprint density at radius 1 is 1.40 bits per heavy atom. The molecule has 5 N–H and O–H groups in total. The number of benzene rings is 1. The molecule has 0 bridgehead atoms. The van der Waals surface area contributed by atoms with Gasteiger partial charge in [0, 0.05) is 24.9 Å². The van der Waals surface area contributed by atoms with Gasteiger partial charge in [0.05, 0.1) is 22.6 Å². The number of imidazole rings is 1. The van der Waals surface area contributed by atoms with Crippen molar-refractivity contribution in [2.24, 2.45) is 0 Å². The lowest BCUT2D eigenvalue weighted by atomic mass is 10.2. The highest BCUT2D eigenvalue weighted by Gasteiger charge is 2.12. The quantitative estimate of drug-likeness (QED) is 0.581. The van der Waals surface area contributed by atoms with Crippen LogP contribution in [-0.4, -0.2) is 32.0 Å². The molecule has 0 amide bonds. The molecule has 0 aliphatic rings. The predicted molar refractivity (Wildman–Crippen MR) is 77.9 cm³/mol. The smallest absolute Gasteiger partial charge is 0.240 e. The van der Waals surface area contributed by atoms with Crippen molar-refractivity contribution in [1.82, 2.24) is 14.7 Å². The average molecular weight is 295 g/mol. The Labute approximate surface area is 117 Å². The summed E-state index contributed by atoms with van der Waals surface area (Å²) in [4.78, 5) is 7.09. The second-order valence-corrected chi connectivity index (χ2v) is 6.10. The Bertz CT molecular complexity index is 667. The van der Waals surface area contributed by atoms with Gasteiger partial charge in [0.15, 0.2) is 0 Å². The summed E-state index contributed by atoms with van der Waals surface area (Å²) in [6, 6.07) is 4.61. The van der Waals surface area contributed by atoms with Crippen LogP contribution in [0.15, 0.2) is 35.6 Å². The van der Waals surface area contributed by atoms with Crippen molar-refractivity contribution in [1.29, 1.82) is 0 Å². The molecule has 0 atom stereocenters. The molecule has 0 unspecified atom stereocenters. The first-order chi connectivity index (χ1) is 9.53.